The molecule has 0 saturated heterocycles. The molecule has 0 atom stereocenters. The first kappa shape index (κ1) is 20.8. The average molecular weight is 367 g/mol. The molecule has 0 unspecified atom stereocenters. The van der Waals surface area contributed by atoms with Gasteiger partial charge in [0.05, 0.1) is 12.7 Å². The average Bonchev–Trinajstić information content (AvgIpc) is 2.86. The maximum atomic E-state index is 12.4. The maximum Gasteiger partial charge on any atom is 0.291 e. The normalized spacial score (nSPS) is 14.9. The van der Waals surface area contributed by atoms with Crippen LogP contribution in [0.1, 0.15) is 50.5 Å². The second kappa shape index (κ2) is 9.96. The number of allylic oxidation sites excluding steroid dienone is 10. The van der Waals surface area contributed by atoms with Gasteiger partial charge in [0.1, 0.15) is 5.76 Å². The molecule has 0 aliphatic heterocycles. The quantitative estimate of drug-likeness (QED) is 0.574. The van der Waals surface area contributed by atoms with Crippen LogP contribution < -0.4 is 10.2 Å². The zero-order chi connectivity index (χ0) is 19.8. The predicted molar refractivity (Wildman–Crippen MR) is 112 cm³/mol. The summed E-state index contributed by atoms with van der Waals surface area (Å²) in [5.41, 5.74) is 5.09. The first-order chi connectivity index (χ1) is 13.0. The summed E-state index contributed by atoms with van der Waals surface area (Å²) in [5.74, 6) is 1.05. The Morgan fingerprint density at radius 2 is 2.07 bits per heavy atom. The summed E-state index contributed by atoms with van der Waals surface area (Å²) in [6.07, 6.45) is 18.2. The van der Waals surface area contributed by atoms with Gasteiger partial charge in [0.2, 0.25) is 0 Å². The van der Waals surface area contributed by atoms with Crippen molar-refractivity contribution in [1.29, 1.82) is 0 Å². The highest BCUT2D eigenvalue weighted by molar-refractivity contribution is 5.41. The SMILES string of the molecule is CCc1c(OC)oc(CC/C=C/C(C)=C/C2=CC=C(C)CC=C2)c(C)c1=O. The zero-order valence-electron chi connectivity index (χ0n) is 17.1. The smallest absolute Gasteiger partial charge is 0.291 e. The minimum Gasteiger partial charge on any atom is -0.468 e. The fourth-order valence-electron chi connectivity index (χ4n) is 3.04. The second-order valence-corrected chi connectivity index (χ2v) is 6.92. The highest BCUT2D eigenvalue weighted by Crippen LogP contribution is 2.21. The summed E-state index contributed by atoms with van der Waals surface area (Å²) in [6.45, 7) is 8.00. The van der Waals surface area contributed by atoms with Crippen molar-refractivity contribution < 1.29 is 9.15 Å². The molecule has 1 aromatic heterocycles. The third-order valence-corrected chi connectivity index (χ3v) is 4.66. The van der Waals surface area contributed by atoms with Crippen molar-refractivity contribution in [3.63, 3.8) is 0 Å². The van der Waals surface area contributed by atoms with E-state index in [1.807, 2.05) is 13.8 Å². The van der Waals surface area contributed by atoms with E-state index in [2.05, 4.69) is 56.4 Å². The van der Waals surface area contributed by atoms with Crippen LogP contribution in [0.25, 0.3) is 0 Å². The summed E-state index contributed by atoms with van der Waals surface area (Å²) < 4.78 is 11.1. The highest BCUT2D eigenvalue weighted by Gasteiger charge is 2.15. The fourth-order valence-corrected chi connectivity index (χ4v) is 3.04. The predicted octanol–water partition coefficient (Wildman–Crippen LogP) is 5.79. The van der Waals surface area contributed by atoms with Gasteiger partial charge in [-0.25, -0.2) is 0 Å². The van der Waals surface area contributed by atoms with Crippen LogP contribution >= 0.6 is 0 Å². The third kappa shape index (κ3) is 5.72. The lowest BCUT2D eigenvalue weighted by Crippen LogP contribution is -2.15. The van der Waals surface area contributed by atoms with E-state index in [-0.39, 0.29) is 5.43 Å². The van der Waals surface area contributed by atoms with E-state index in [0.717, 1.165) is 12.8 Å². The molecule has 0 amide bonds. The molecule has 1 aliphatic rings. The lowest BCUT2D eigenvalue weighted by Gasteiger charge is -2.09. The van der Waals surface area contributed by atoms with Gasteiger partial charge in [0.25, 0.3) is 5.95 Å². The largest absolute Gasteiger partial charge is 0.468 e. The number of rotatable bonds is 7. The minimum atomic E-state index is 0.0334. The molecule has 27 heavy (non-hydrogen) atoms. The first-order valence-corrected chi connectivity index (χ1v) is 9.54. The Bertz CT molecular complexity index is 874. The molecule has 0 aromatic carbocycles. The van der Waals surface area contributed by atoms with E-state index in [0.29, 0.717) is 35.7 Å². The van der Waals surface area contributed by atoms with Crippen molar-refractivity contribution in [2.45, 2.75) is 53.4 Å². The summed E-state index contributed by atoms with van der Waals surface area (Å²) in [6, 6.07) is 0. The Morgan fingerprint density at radius 1 is 1.30 bits per heavy atom. The van der Waals surface area contributed by atoms with Crippen LogP contribution in [0.5, 0.6) is 5.95 Å². The van der Waals surface area contributed by atoms with E-state index in [1.54, 1.807) is 0 Å². The van der Waals surface area contributed by atoms with Gasteiger partial charge in [-0.1, -0.05) is 60.6 Å². The van der Waals surface area contributed by atoms with Gasteiger partial charge >= 0.3 is 0 Å². The maximum absolute atomic E-state index is 12.4. The number of hydrogen-bond donors (Lipinski definition) is 0. The summed E-state index contributed by atoms with van der Waals surface area (Å²) >= 11 is 0. The van der Waals surface area contributed by atoms with Crippen LogP contribution in [0, 0.1) is 6.92 Å². The van der Waals surface area contributed by atoms with Gasteiger partial charge in [0, 0.05) is 12.0 Å². The van der Waals surface area contributed by atoms with Crippen LogP contribution in [-0.4, -0.2) is 7.11 Å². The van der Waals surface area contributed by atoms with Gasteiger partial charge in [-0.2, -0.15) is 0 Å². The number of ether oxygens (including phenoxy) is 1. The van der Waals surface area contributed by atoms with Crippen molar-refractivity contribution in [2.24, 2.45) is 0 Å². The Morgan fingerprint density at radius 3 is 2.78 bits per heavy atom. The molecule has 1 aliphatic carbocycles. The molecule has 3 nitrogen and oxygen atoms in total. The lowest BCUT2D eigenvalue weighted by molar-refractivity contribution is 0.277. The molecule has 1 heterocycles. The molecule has 0 spiro atoms. The summed E-state index contributed by atoms with van der Waals surface area (Å²) in [4.78, 5) is 12.4. The van der Waals surface area contributed by atoms with E-state index in [4.69, 9.17) is 9.15 Å². The van der Waals surface area contributed by atoms with Crippen LogP contribution in [-0.2, 0) is 12.8 Å². The standard InChI is InChI=1S/C24H30O3/c1-6-21-23(25)19(4)22(27-24(21)26-5)13-8-7-10-18(3)16-20-12-9-11-17(2)14-15-20/h7,9-10,12,14-16H,6,8,11,13H2,1-5H3/b10-7+,18-16+. The topological polar surface area (TPSA) is 39.4 Å². The molecule has 0 radical (unpaired) electrons. The van der Waals surface area contributed by atoms with Crippen molar-refractivity contribution in [3.8, 4) is 5.95 Å². The molecule has 1 aromatic rings. The third-order valence-electron chi connectivity index (χ3n) is 4.66. The molecular weight excluding hydrogens is 336 g/mol. The van der Waals surface area contributed by atoms with E-state index < -0.39 is 0 Å². The molecule has 2 rings (SSSR count). The van der Waals surface area contributed by atoms with Crippen LogP contribution in [0.2, 0.25) is 0 Å². The zero-order valence-corrected chi connectivity index (χ0v) is 17.1. The van der Waals surface area contributed by atoms with E-state index in [1.165, 1.54) is 23.8 Å². The second-order valence-electron chi connectivity index (χ2n) is 6.92. The van der Waals surface area contributed by atoms with Crippen molar-refractivity contribution >= 4 is 0 Å². The van der Waals surface area contributed by atoms with Crippen LogP contribution in [0.4, 0.5) is 0 Å². The first-order valence-electron chi connectivity index (χ1n) is 9.54. The van der Waals surface area contributed by atoms with Gasteiger partial charge in [-0.3, -0.25) is 4.79 Å². The van der Waals surface area contributed by atoms with Crippen molar-refractivity contribution in [2.75, 3.05) is 7.11 Å². The van der Waals surface area contributed by atoms with Gasteiger partial charge in [-0.05, 0) is 45.6 Å². The van der Waals surface area contributed by atoms with Crippen LogP contribution in [0.15, 0.2) is 68.5 Å². The molecule has 0 saturated carbocycles. The Balaban J connectivity index is 2.05. The van der Waals surface area contributed by atoms with Gasteiger partial charge < -0.3 is 9.15 Å². The number of aryl methyl sites for hydroxylation is 1. The number of methoxy groups -OCH3 is 1. The molecule has 0 bridgehead atoms. The summed E-state index contributed by atoms with van der Waals surface area (Å²) in [5, 5.41) is 0. The Labute approximate surface area is 162 Å². The summed E-state index contributed by atoms with van der Waals surface area (Å²) in [7, 11) is 1.54. The Kier molecular flexibility index (Phi) is 7.66. The van der Waals surface area contributed by atoms with Crippen molar-refractivity contribution in [3.05, 3.63) is 86.4 Å². The molecule has 3 heteroatoms. The van der Waals surface area contributed by atoms with Crippen LogP contribution in [0.3, 0.4) is 0 Å². The van der Waals surface area contributed by atoms with Gasteiger partial charge in [-0.15, -0.1) is 0 Å². The van der Waals surface area contributed by atoms with E-state index >= 15 is 0 Å². The monoisotopic (exact) mass is 366 g/mol. The lowest BCUT2D eigenvalue weighted by atomic mass is 10.1. The fraction of sp³-hybridized carbons (Fsp3) is 0.375. The number of hydrogen-bond acceptors (Lipinski definition) is 3. The van der Waals surface area contributed by atoms with Gasteiger partial charge in [0.15, 0.2) is 5.43 Å². The molecule has 144 valence electrons. The minimum absolute atomic E-state index is 0.0334. The molecule has 0 N–H and O–H groups in total. The van der Waals surface area contributed by atoms with E-state index in [9.17, 15) is 4.79 Å². The van der Waals surface area contributed by atoms with Crippen molar-refractivity contribution in [1.82, 2.24) is 0 Å². The molecule has 0 fully saturated rings. The highest BCUT2D eigenvalue weighted by atomic mass is 16.6. The Hall–Kier alpha value is -2.55. The molecular formula is C24H30O3.